The molecule has 0 aliphatic carbocycles. The molecule has 1 aromatic carbocycles. The number of benzene rings is 1. The van der Waals surface area contributed by atoms with Gasteiger partial charge in [-0.2, -0.15) is 0 Å². The largest absolute Gasteiger partial charge is 0.480 e. The maximum Gasteiger partial charge on any atom is 0.344 e. The molecule has 4 nitrogen and oxygen atoms in total. The van der Waals surface area contributed by atoms with E-state index in [-0.39, 0.29) is 18.7 Å². The fraction of sp³-hybridized carbons (Fsp3) is 0.533. The summed E-state index contributed by atoms with van der Waals surface area (Å²) >= 11 is 3.45. The molecule has 0 fully saturated rings. The van der Waals surface area contributed by atoms with E-state index in [1.165, 1.54) is 0 Å². The van der Waals surface area contributed by atoms with Crippen molar-refractivity contribution in [2.24, 2.45) is 0 Å². The smallest absolute Gasteiger partial charge is 0.344 e. The summed E-state index contributed by atoms with van der Waals surface area (Å²) in [6, 6.07) is 6.19. The Morgan fingerprint density at radius 2 is 2.00 bits per heavy atom. The third-order valence-electron chi connectivity index (χ3n) is 2.45. The topological polar surface area (TPSA) is 47.6 Å². The van der Waals surface area contributed by atoms with Crippen LogP contribution in [0.4, 0.5) is 0 Å². The van der Waals surface area contributed by atoms with Gasteiger partial charge in [-0.15, -0.1) is 0 Å². The Labute approximate surface area is 129 Å². The summed E-state index contributed by atoms with van der Waals surface area (Å²) in [5.74, 6) is 0.319. The van der Waals surface area contributed by atoms with Crippen molar-refractivity contribution in [1.82, 2.24) is 5.32 Å². The zero-order valence-corrected chi connectivity index (χ0v) is 14.0. The van der Waals surface area contributed by atoms with Crippen LogP contribution in [-0.2, 0) is 16.1 Å². The molecule has 0 aliphatic rings. The predicted octanol–water partition coefficient (Wildman–Crippen LogP) is 3.28. The minimum atomic E-state index is -0.362. The molecule has 0 saturated carbocycles. The van der Waals surface area contributed by atoms with Crippen LogP contribution < -0.4 is 10.1 Å². The quantitative estimate of drug-likeness (QED) is 0.771. The molecule has 1 N–H and O–H groups in total. The molecular weight excluding hydrogens is 322 g/mol. The van der Waals surface area contributed by atoms with E-state index in [0.29, 0.717) is 18.3 Å². The number of hydrogen-bond acceptors (Lipinski definition) is 4. The molecule has 0 aromatic heterocycles. The highest BCUT2D eigenvalue weighted by Crippen LogP contribution is 2.29. The lowest BCUT2D eigenvalue weighted by Crippen LogP contribution is -2.23. The van der Waals surface area contributed by atoms with Crippen molar-refractivity contribution >= 4 is 21.9 Å². The average molecular weight is 344 g/mol. The van der Waals surface area contributed by atoms with Gasteiger partial charge in [-0.25, -0.2) is 4.79 Å². The highest BCUT2D eigenvalue weighted by atomic mass is 79.9. The maximum absolute atomic E-state index is 11.5. The number of ether oxygens (including phenoxy) is 2. The average Bonchev–Trinajstić information content (AvgIpc) is 2.34. The predicted molar refractivity (Wildman–Crippen MR) is 82.8 cm³/mol. The van der Waals surface area contributed by atoms with Gasteiger partial charge >= 0.3 is 5.97 Å². The van der Waals surface area contributed by atoms with Gasteiger partial charge in [0.15, 0.2) is 6.61 Å². The summed E-state index contributed by atoms with van der Waals surface area (Å²) in [6.45, 7) is 8.39. The lowest BCUT2D eigenvalue weighted by Gasteiger charge is -2.15. The van der Waals surface area contributed by atoms with E-state index in [1.54, 1.807) is 0 Å². The zero-order valence-electron chi connectivity index (χ0n) is 12.4. The number of para-hydroxylation sites is 1. The molecule has 0 spiro atoms. The lowest BCUT2D eigenvalue weighted by atomic mass is 10.2. The number of rotatable bonds is 7. The number of carbonyl (C=O) groups excluding carboxylic acids is 1. The molecule has 0 atom stereocenters. The number of carbonyl (C=O) groups is 1. The summed E-state index contributed by atoms with van der Waals surface area (Å²) in [7, 11) is 0. The van der Waals surface area contributed by atoms with E-state index in [1.807, 2.05) is 32.0 Å². The third-order valence-corrected chi connectivity index (χ3v) is 3.08. The molecule has 0 bridgehead atoms. The Hall–Kier alpha value is -1.07. The normalized spacial score (nSPS) is 10.9. The van der Waals surface area contributed by atoms with Gasteiger partial charge < -0.3 is 14.8 Å². The minimum Gasteiger partial charge on any atom is -0.480 e. The first kappa shape index (κ1) is 17.0. The van der Waals surface area contributed by atoms with Gasteiger partial charge in [-0.3, -0.25) is 0 Å². The van der Waals surface area contributed by atoms with Crippen molar-refractivity contribution in [2.45, 2.75) is 46.4 Å². The molecule has 0 heterocycles. The van der Waals surface area contributed by atoms with Gasteiger partial charge in [0.2, 0.25) is 0 Å². The molecule has 0 amide bonds. The Kier molecular flexibility index (Phi) is 7.02. The van der Waals surface area contributed by atoms with Crippen molar-refractivity contribution in [3.05, 3.63) is 28.2 Å². The van der Waals surface area contributed by atoms with E-state index in [2.05, 4.69) is 35.1 Å². The number of esters is 1. The first-order valence-electron chi connectivity index (χ1n) is 6.73. The molecule has 0 saturated heterocycles. The monoisotopic (exact) mass is 343 g/mol. The third kappa shape index (κ3) is 5.92. The molecule has 1 rings (SSSR count). The summed E-state index contributed by atoms with van der Waals surface area (Å²) in [6.07, 6.45) is -0.132. The van der Waals surface area contributed by atoms with Crippen LogP contribution >= 0.6 is 15.9 Å². The van der Waals surface area contributed by atoms with Gasteiger partial charge in [-0.05, 0) is 35.8 Å². The Balaban J connectivity index is 2.70. The van der Waals surface area contributed by atoms with Crippen molar-refractivity contribution in [3.8, 4) is 5.75 Å². The fourth-order valence-electron chi connectivity index (χ4n) is 1.60. The Morgan fingerprint density at radius 3 is 2.60 bits per heavy atom. The second kappa shape index (κ2) is 8.27. The van der Waals surface area contributed by atoms with Crippen LogP contribution in [-0.4, -0.2) is 24.7 Å². The standard InChI is InChI=1S/C15H22BrNO3/c1-10(2)17-8-12-6-5-7-13(16)15(12)19-9-14(18)20-11(3)4/h5-7,10-11,17H,8-9H2,1-4H3. The highest BCUT2D eigenvalue weighted by molar-refractivity contribution is 9.10. The molecule has 0 unspecified atom stereocenters. The van der Waals surface area contributed by atoms with Crippen LogP contribution in [0.15, 0.2) is 22.7 Å². The van der Waals surface area contributed by atoms with Crippen molar-refractivity contribution < 1.29 is 14.3 Å². The number of halogens is 1. The van der Waals surface area contributed by atoms with Crippen LogP contribution in [0.2, 0.25) is 0 Å². The molecule has 20 heavy (non-hydrogen) atoms. The van der Waals surface area contributed by atoms with Gasteiger partial charge in [0, 0.05) is 18.2 Å². The lowest BCUT2D eigenvalue weighted by molar-refractivity contribution is -0.149. The first-order valence-corrected chi connectivity index (χ1v) is 7.52. The molecule has 112 valence electrons. The summed E-state index contributed by atoms with van der Waals surface area (Å²) in [4.78, 5) is 11.5. The summed E-state index contributed by atoms with van der Waals surface area (Å²) < 4.78 is 11.5. The summed E-state index contributed by atoms with van der Waals surface area (Å²) in [5.41, 5.74) is 1.01. The highest BCUT2D eigenvalue weighted by Gasteiger charge is 2.12. The summed E-state index contributed by atoms with van der Waals surface area (Å²) in [5, 5.41) is 3.33. The first-order chi connectivity index (χ1) is 9.40. The maximum atomic E-state index is 11.5. The second-order valence-electron chi connectivity index (χ2n) is 5.09. The van der Waals surface area contributed by atoms with Crippen LogP contribution in [0.25, 0.3) is 0 Å². The fourth-order valence-corrected chi connectivity index (χ4v) is 2.12. The minimum absolute atomic E-state index is 0.0878. The van der Waals surface area contributed by atoms with Crippen LogP contribution in [0, 0.1) is 0 Å². The number of nitrogens with one attached hydrogen (secondary N) is 1. The van der Waals surface area contributed by atoms with Crippen LogP contribution in [0.5, 0.6) is 5.75 Å². The molecule has 5 heteroatoms. The van der Waals surface area contributed by atoms with E-state index in [0.717, 1.165) is 10.0 Å². The van der Waals surface area contributed by atoms with Gasteiger partial charge in [-0.1, -0.05) is 26.0 Å². The molecule has 0 aliphatic heterocycles. The van der Waals surface area contributed by atoms with E-state index < -0.39 is 0 Å². The van der Waals surface area contributed by atoms with Crippen molar-refractivity contribution in [1.29, 1.82) is 0 Å². The van der Waals surface area contributed by atoms with E-state index in [9.17, 15) is 4.79 Å². The van der Waals surface area contributed by atoms with Crippen molar-refractivity contribution in [3.63, 3.8) is 0 Å². The van der Waals surface area contributed by atoms with Gasteiger partial charge in [0.05, 0.1) is 10.6 Å². The molecule has 1 aromatic rings. The Morgan fingerprint density at radius 1 is 1.30 bits per heavy atom. The SMILES string of the molecule is CC(C)NCc1cccc(Br)c1OCC(=O)OC(C)C. The van der Waals surface area contributed by atoms with Crippen molar-refractivity contribution in [2.75, 3.05) is 6.61 Å². The van der Waals surface area contributed by atoms with E-state index in [4.69, 9.17) is 9.47 Å². The van der Waals surface area contributed by atoms with Gasteiger partial charge in [0.1, 0.15) is 5.75 Å². The zero-order chi connectivity index (χ0) is 15.1. The van der Waals surface area contributed by atoms with E-state index >= 15 is 0 Å². The second-order valence-corrected chi connectivity index (χ2v) is 5.95. The molecule has 0 radical (unpaired) electrons. The van der Waals surface area contributed by atoms with Crippen LogP contribution in [0.1, 0.15) is 33.3 Å². The van der Waals surface area contributed by atoms with Crippen LogP contribution in [0.3, 0.4) is 0 Å². The number of hydrogen-bond donors (Lipinski definition) is 1. The molecular formula is C15H22BrNO3. The van der Waals surface area contributed by atoms with Gasteiger partial charge in [0.25, 0.3) is 0 Å². The Bertz CT molecular complexity index is 447.